The number of nitrogens with zero attached hydrogens (tertiary/aromatic N) is 6. The molecule has 0 saturated carbocycles. The van der Waals surface area contributed by atoms with Crippen molar-refractivity contribution < 1.29 is 55.1 Å². The molecule has 5 aromatic rings. The van der Waals surface area contributed by atoms with Gasteiger partial charge in [0.2, 0.25) is 0 Å². The highest BCUT2D eigenvalue weighted by atomic mass is 19.4. The topological polar surface area (TPSA) is 211 Å². The molecule has 9 rings (SSSR count). The third-order valence-electron chi connectivity index (χ3n) is 12.8. The first-order valence-corrected chi connectivity index (χ1v) is 22.6. The van der Waals surface area contributed by atoms with Crippen molar-refractivity contribution in [2.45, 2.75) is 24.4 Å². The Bertz CT molecular complexity index is 3070. The molecule has 0 unspecified atom stereocenters. The molecule has 8 amide bonds. The number of hydrogen-bond donors (Lipinski definition) is 4. The molecule has 4 heterocycles. The fourth-order valence-electron chi connectivity index (χ4n) is 9.13. The first kappa shape index (κ1) is 49.5. The number of carbonyl (C=O) groups is 6. The number of hydrogen-bond acceptors (Lipinski definition) is 8. The van der Waals surface area contributed by atoms with Gasteiger partial charge in [-0.05, 0) is 96.1 Å². The van der Waals surface area contributed by atoms with Crippen molar-refractivity contribution >= 4 is 47.1 Å². The Kier molecular flexibility index (Phi) is 13.1. The van der Waals surface area contributed by atoms with Gasteiger partial charge >= 0.3 is 24.4 Å². The Balaban J connectivity index is 0.828. The van der Waals surface area contributed by atoms with Crippen LogP contribution in [0.4, 0.5) is 47.3 Å². The van der Waals surface area contributed by atoms with Gasteiger partial charge in [0.1, 0.15) is 0 Å². The van der Waals surface area contributed by atoms with Crippen molar-refractivity contribution in [2.24, 2.45) is 0 Å². The Hall–Kier alpha value is -9.44. The molecule has 4 aliphatic rings. The fourth-order valence-corrected chi connectivity index (χ4v) is 9.13. The maximum absolute atomic E-state index is 14.1. The van der Waals surface area contributed by atoms with E-state index in [1.54, 1.807) is 24.3 Å². The second-order valence-electron chi connectivity index (χ2n) is 17.3. The molecule has 0 radical (unpaired) electrons. The summed E-state index contributed by atoms with van der Waals surface area (Å²) in [4.78, 5) is 86.7. The van der Waals surface area contributed by atoms with Crippen molar-refractivity contribution in [3.05, 3.63) is 188 Å². The molecule has 0 aliphatic carbocycles. The van der Waals surface area contributed by atoms with Crippen molar-refractivity contribution in [3.8, 4) is 12.1 Å². The van der Waals surface area contributed by atoms with Crippen LogP contribution in [0.3, 0.4) is 0 Å². The highest BCUT2D eigenvalue weighted by Crippen LogP contribution is 2.42. The molecular weight excluding hydrogens is 975 g/mol. The lowest BCUT2D eigenvalue weighted by Gasteiger charge is -2.34. The summed E-state index contributed by atoms with van der Waals surface area (Å²) >= 11 is 0. The average Bonchev–Trinajstić information content (AvgIpc) is 3.89. The lowest BCUT2D eigenvalue weighted by molar-refractivity contribution is -0.138. The maximum atomic E-state index is 14.1. The van der Waals surface area contributed by atoms with E-state index in [-0.39, 0.29) is 84.3 Å². The molecule has 22 heteroatoms. The second kappa shape index (κ2) is 19.6. The smallest absolute Gasteiger partial charge is 0.350 e. The van der Waals surface area contributed by atoms with E-state index in [4.69, 9.17) is 0 Å². The van der Waals surface area contributed by atoms with Crippen molar-refractivity contribution in [3.63, 3.8) is 0 Å². The highest BCUT2D eigenvalue weighted by molar-refractivity contribution is 6.09. The molecule has 2 atom stereocenters. The van der Waals surface area contributed by atoms with Gasteiger partial charge in [-0.1, -0.05) is 36.4 Å². The number of nitriles is 2. The summed E-state index contributed by atoms with van der Waals surface area (Å²) in [6.45, 7) is -0.723. The zero-order chi connectivity index (χ0) is 52.6. The summed E-state index contributed by atoms with van der Waals surface area (Å²) in [5.41, 5.74) is 0.0206. The van der Waals surface area contributed by atoms with Gasteiger partial charge in [-0.25, -0.2) is 9.59 Å². The van der Waals surface area contributed by atoms with Crippen LogP contribution in [0.15, 0.2) is 144 Å². The number of halogens is 6. The molecule has 0 bridgehead atoms. The van der Waals surface area contributed by atoms with Crippen LogP contribution in [0.2, 0.25) is 0 Å². The first-order valence-electron chi connectivity index (χ1n) is 22.6. The van der Waals surface area contributed by atoms with Crippen molar-refractivity contribution in [1.29, 1.82) is 10.5 Å². The lowest BCUT2D eigenvalue weighted by Crippen LogP contribution is -2.47. The van der Waals surface area contributed by atoms with Gasteiger partial charge < -0.3 is 31.1 Å². The maximum Gasteiger partial charge on any atom is 0.416 e. The second-order valence-corrected chi connectivity index (χ2v) is 17.3. The Morgan fingerprint density at radius 3 is 1.26 bits per heavy atom. The number of urea groups is 2. The largest absolute Gasteiger partial charge is 0.416 e. The quantitative estimate of drug-likeness (QED) is 0.0949. The molecular formula is C52H38F6N10O6. The lowest BCUT2D eigenvalue weighted by atomic mass is 9.94. The molecule has 5 aromatic carbocycles. The minimum Gasteiger partial charge on any atom is -0.350 e. The molecule has 0 spiro atoms. The molecule has 0 saturated heterocycles. The first-order chi connectivity index (χ1) is 35.3. The molecule has 374 valence electrons. The van der Waals surface area contributed by atoms with Gasteiger partial charge in [0, 0.05) is 37.3 Å². The van der Waals surface area contributed by atoms with E-state index in [1.807, 2.05) is 12.1 Å². The van der Waals surface area contributed by atoms with E-state index < -0.39 is 71.3 Å². The van der Waals surface area contributed by atoms with E-state index in [9.17, 15) is 65.6 Å². The average molecular weight is 1010 g/mol. The molecule has 0 aromatic heterocycles. The van der Waals surface area contributed by atoms with E-state index in [0.717, 1.165) is 46.2 Å². The summed E-state index contributed by atoms with van der Waals surface area (Å²) in [7, 11) is 0. The summed E-state index contributed by atoms with van der Waals surface area (Å²) < 4.78 is 82.4. The number of alkyl halides is 6. The van der Waals surface area contributed by atoms with Crippen LogP contribution in [0.25, 0.3) is 0 Å². The van der Waals surface area contributed by atoms with E-state index in [1.165, 1.54) is 70.5 Å². The van der Waals surface area contributed by atoms with Gasteiger partial charge in [0.25, 0.3) is 23.6 Å². The van der Waals surface area contributed by atoms with Crippen LogP contribution < -0.4 is 31.1 Å². The number of carbonyl (C=O) groups excluding carboxylic acids is 6. The van der Waals surface area contributed by atoms with Gasteiger partial charge in [-0.3, -0.25) is 29.0 Å². The monoisotopic (exact) mass is 1010 g/mol. The molecule has 74 heavy (non-hydrogen) atoms. The Labute approximate surface area is 416 Å². The van der Waals surface area contributed by atoms with Crippen LogP contribution in [-0.4, -0.2) is 84.8 Å². The molecule has 4 aliphatic heterocycles. The number of anilines is 2. The summed E-state index contributed by atoms with van der Waals surface area (Å²) in [5.74, 6) is -2.24. The minimum absolute atomic E-state index is 0.0764. The zero-order valence-corrected chi connectivity index (χ0v) is 38.3. The van der Waals surface area contributed by atoms with Crippen LogP contribution >= 0.6 is 0 Å². The zero-order valence-electron chi connectivity index (χ0n) is 38.3. The summed E-state index contributed by atoms with van der Waals surface area (Å²) in [6.07, 6.45) is -9.44. The molecule has 4 N–H and O–H groups in total. The van der Waals surface area contributed by atoms with E-state index in [0.29, 0.717) is 22.3 Å². The van der Waals surface area contributed by atoms with Crippen LogP contribution in [-0.2, 0) is 21.9 Å². The molecule has 0 fully saturated rings. The van der Waals surface area contributed by atoms with Crippen molar-refractivity contribution in [2.75, 3.05) is 49.1 Å². The van der Waals surface area contributed by atoms with Crippen LogP contribution in [0, 0.1) is 22.7 Å². The Morgan fingerprint density at radius 1 is 0.554 bits per heavy atom. The summed E-state index contributed by atoms with van der Waals surface area (Å²) in [5, 5.41) is 29.4. The number of rotatable bonds is 12. The predicted molar refractivity (Wildman–Crippen MR) is 251 cm³/mol. The van der Waals surface area contributed by atoms with Gasteiger partial charge in [0.05, 0.1) is 93.5 Å². The Morgan fingerprint density at radius 2 is 0.919 bits per heavy atom. The van der Waals surface area contributed by atoms with Crippen LogP contribution in [0.1, 0.15) is 66.2 Å². The van der Waals surface area contributed by atoms with Gasteiger partial charge in [-0.15, -0.1) is 0 Å². The predicted octanol–water partition coefficient (Wildman–Crippen LogP) is 7.06. The SMILES string of the molecule is N#Cc1ccc([C@H]2NC(=O)N(c3cccc(C(F)(F)F)c3)C3=C2C(=O)N(CCNC(=O)c2ccc(C(=O)NCCN4CC5=C(C4=O)[C@@H](c4ccc(C#N)cc4)NC(=O)N5c4cccc(C(F)(F)F)c4)cc2)C3)cc1. The molecule has 16 nitrogen and oxygen atoms in total. The van der Waals surface area contributed by atoms with Crippen LogP contribution in [0.5, 0.6) is 0 Å². The third kappa shape index (κ3) is 9.67. The number of amides is 8. The normalized spacial score (nSPS) is 17.6. The third-order valence-corrected chi connectivity index (χ3v) is 12.8. The fraction of sp³-hybridized carbons (Fsp3) is 0.192. The van der Waals surface area contributed by atoms with Gasteiger partial charge in [0.15, 0.2) is 0 Å². The van der Waals surface area contributed by atoms with E-state index in [2.05, 4.69) is 21.3 Å². The highest BCUT2D eigenvalue weighted by Gasteiger charge is 2.47. The van der Waals surface area contributed by atoms with E-state index >= 15 is 0 Å². The summed E-state index contributed by atoms with van der Waals surface area (Å²) in [6, 6.07) is 26.4. The standard InChI is InChI=1S/C52H38F6N10O6/c53-51(54,55)35-3-1-5-37(23-35)67-39-27-65(47(71)41(39)43(63-49(67)73)31-11-7-29(25-59)8-12-31)21-19-61-45(69)33-15-17-34(18-16-33)46(70)62-20-22-66-28-40-42(48(66)72)44(32-13-9-30(26-60)10-14-32)64-50(74)68(40)38-6-2-4-36(24-38)52(56,57)58/h1-18,23-24,43-44H,19-22,27-28H2,(H,61,69)(H,62,70)(H,63,73)(H,64,74)/t43-,44-/m1/s1. The van der Waals surface area contributed by atoms with Crippen molar-refractivity contribution in [1.82, 2.24) is 31.1 Å². The minimum atomic E-state index is -4.72. The number of benzene rings is 5. The number of nitrogens with one attached hydrogen (secondary N) is 4. The van der Waals surface area contributed by atoms with Gasteiger partial charge in [-0.2, -0.15) is 36.9 Å².